The smallest absolute Gasteiger partial charge is 0.294 e. The molecule has 0 saturated heterocycles. The fourth-order valence-corrected chi connectivity index (χ4v) is 3.58. The minimum absolute atomic E-state index is 0.0204. The van der Waals surface area contributed by atoms with E-state index in [1.807, 2.05) is 56.3 Å². The molecule has 0 aliphatic carbocycles. The summed E-state index contributed by atoms with van der Waals surface area (Å²) in [5.74, 6) is -1.57. The lowest BCUT2D eigenvalue weighted by atomic mass is 9.94. The number of Topliss-reactive ketones (excluding diaryl/α,β-unsaturated/α-hetero) is 1. The van der Waals surface area contributed by atoms with E-state index in [0.29, 0.717) is 5.69 Å². The molecule has 0 bridgehead atoms. The van der Waals surface area contributed by atoms with Gasteiger partial charge in [-0.15, -0.1) is 0 Å². The summed E-state index contributed by atoms with van der Waals surface area (Å²) in [5.41, 5.74) is 3.34. The van der Waals surface area contributed by atoms with Crippen LogP contribution in [0.15, 0.2) is 82.7 Å². The predicted molar refractivity (Wildman–Crippen MR) is 105 cm³/mol. The van der Waals surface area contributed by atoms with Crippen molar-refractivity contribution in [3.8, 4) is 0 Å². The molecular weight excluding hydrogens is 354 g/mol. The summed E-state index contributed by atoms with van der Waals surface area (Å²) in [6.07, 6.45) is 1.39. The molecule has 1 aliphatic rings. The Bertz CT molecular complexity index is 1100. The normalized spacial score (nSPS) is 16.7. The van der Waals surface area contributed by atoms with Crippen LogP contribution in [0.5, 0.6) is 0 Å². The lowest BCUT2D eigenvalue weighted by molar-refractivity contribution is -0.117. The van der Waals surface area contributed by atoms with E-state index in [1.54, 1.807) is 12.1 Å². The molecule has 1 aliphatic heterocycles. The first kappa shape index (κ1) is 17.8. The molecule has 4 rings (SSSR count). The van der Waals surface area contributed by atoms with Crippen molar-refractivity contribution in [2.45, 2.75) is 19.9 Å². The predicted octanol–water partition coefficient (Wildman–Crippen LogP) is 4.68. The number of hydrogen-bond donors (Lipinski definition) is 1. The van der Waals surface area contributed by atoms with Crippen molar-refractivity contribution < 1.29 is 19.1 Å². The second-order valence-electron chi connectivity index (χ2n) is 6.90. The number of ketones is 1. The van der Waals surface area contributed by atoms with Gasteiger partial charge in [-0.2, -0.15) is 0 Å². The van der Waals surface area contributed by atoms with Gasteiger partial charge >= 0.3 is 0 Å². The molecular formula is C23H19NO4. The molecule has 0 fully saturated rings. The van der Waals surface area contributed by atoms with E-state index in [0.717, 1.165) is 16.7 Å². The van der Waals surface area contributed by atoms with Crippen LogP contribution in [0.4, 0.5) is 5.69 Å². The molecule has 0 radical (unpaired) electrons. The second kappa shape index (κ2) is 6.85. The third-order valence-electron chi connectivity index (χ3n) is 4.84. The standard InChI is InChI=1S/C23H19NO4/c1-14-6-3-8-16(12-14)20-19(21(25)18-10-5-11-28-18)22(26)23(27)24(20)17-9-4-7-15(2)13-17/h3-13,20,26H,1-2H3. The van der Waals surface area contributed by atoms with Crippen molar-refractivity contribution in [2.75, 3.05) is 4.90 Å². The molecule has 2 aromatic carbocycles. The number of anilines is 1. The van der Waals surface area contributed by atoms with Gasteiger partial charge in [-0.25, -0.2) is 0 Å². The zero-order valence-electron chi connectivity index (χ0n) is 15.5. The quantitative estimate of drug-likeness (QED) is 0.674. The van der Waals surface area contributed by atoms with E-state index in [-0.39, 0.29) is 11.3 Å². The van der Waals surface area contributed by atoms with Crippen molar-refractivity contribution in [3.63, 3.8) is 0 Å². The van der Waals surface area contributed by atoms with E-state index >= 15 is 0 Å². The van der Waals surface area contributed by atoms with Crippen LogP contribution < -0.4 is 4.90 Å². The highest BCUT2D eigenvalue weighted by Gasteiger charge is 2.45. The molecule has 5 nitrogen and oxygen atoms in total. The van der Waals surface area contributed by atoms with Gasteiger partial charge in [-0.1, -0.05) is 42.0 Å². The highest BCUT2D eigenvalue weighted by molar-refractivity contribution is 6.20. The minimum Gasteiger partial charge on any atom is -0.503 e. The molecule has 3 aromatic rings. The lowest BCUT2D eigenvalue weighted by Crippen LogP contribution is -2.31. The zero-order valence-corrected chi connectivity index (χ0v) is 15.5. The van der Waals surface area contributed by atoms with E-state index in [4.69, 9.17) is 4.42 Å². The van der Waals surface area contributed by atoms with Gasteiger partial charge in [0.15, 0.2) is 11.5 Å². The largest absolute Gasteiger partial charge is 0.503 e. The number of aryl methyl sites for hydroxylation is 2. The van der Waals surface area contributed by atoms with Crippen LogP contribution >= 0.6 is 0 Å². The summed E-state index contributed by atoms with van der Waals surface area (Å²) in [6.45, 7) is 3.86. The Labute approximate surface area is 162 Å². The van der Waals surface area contributed by atoms with Gasteiger partial charge in [-0.05, 0) is 49.2 Å². The summed E-state index contributed by atoms with van der Waals surface area (Å²) < 4.78 is 5.23. The van der Waals surface area contributed by atoms with Gasteiger partial charge in [0.25, 0.3) is 5.91 Å². The van der Waals surface area contributed by atoms with Crippen molar-refractivity contribution in [3.05, 3.63) is 101 Å². The average molecular weight is 373 g/mol. The zero-order chi connectivity index (χ0) is 19.8. The molecule has 28 heavy (non-hydrogen) atoms. The second-order valence-corrected chi connectivity index (χ2v) is 6.90. The number of rotatable bonds is 4. The Kier molecular flexibility index (Phi) is 4.35. The maximum Gasteiger partial charge on any atom is 0.294 e. The van der Waals surface area contributed by atoms with Crippen LogP contribution in [0.2, 0.25) is 0 Å². The molecule has 2 heterocycles. The van der Waals surface area contributed by atoms with Crippen LogP contribution in [0.25, 0.3) is 0 Å². The average Bonchev–Trinajstić information content (AvgIpc) is 3.29. The van der Waals surface area contributed by atoms with E-state index in [1.165, 1.54) is 17.2 Å². The number of nitrogens with zero attached hydrogens (tertiary/aromatic N) is 1. The van der Waals surface area contributed by atoms with E-state index in [2.05, 4.69) is 0 Å². The number of hydrogen-bond acceptors (Lipinski definition) is 4. The van der Waals surface area contributed by atoms with Crippen LogP contribution in [0.1, 0.15) is 33.3 Å². The molecule has 0 spiro atoms. The molecule has 1 atom stereocenters. The third kappa shape index (κ3) is 2.91. The van der Waals surface area contributed by atoms with Crippen LogP contribution in [-0.4, -0.2) is 16.8 Å². The van der Waals surface area contributed by atoms with Crippen molar-refractivity contribution in [2.24, 2.45) is 0 Å². The van der Waals surface area contributed by atoms with Gasteiger partial charge in [-0.3, -0.25) is 14.5 Å². The SMILES string of the molecule is Cc1cccc(C2C(C(=O)c3ccco3)=C(O)C(=O)N2c2cccc(C)c2)c1. The first-order valence-corrected chi connectivity index (χ1v) is 8.95. The Morgan fingerprint density at radius 2 is 1.71 bits per heavy atom. The van der Waals surface area contributed by atoms with Crippen molar-refractivity contribution in [1.29, 1.82) is 0 Å². The number of aliphatic hydroxyl groups is 1. The molecule has 5 heteroatoms. The molecule has 140 valence electrons. The summed E-state index contributed by atoms with van der Waals surface area (Å²) in [4.78, 5) is 27.6. The Hall–Kier alpha value is -3.60. The molecule has 1 unspecified atom stereocenters. The number of carbonyl (C=O) groups excluding carboxylic acids is 2. The molecule has 1 amide bonds. The summed E-state index contributed by atoms with van der Waals surface area (Å²) >= 11 is 0. The number of aliphatic hydroxyl groups excluding tert-OH is 1. The van der Waals surface area contributed by atoms with E-state index < -0.39 is 23.5 Å². The molecule has 1 aromatic heterocycles. The van der Waals surface area contributed by atoms with Crippen LogP contribution in [0.3, 0.4) is 0 Å². The number of furan rings is 1. The molecule has 1 N–H and O–H groups in total. The topological polar surface area (TPSA) is 70.7 Å². The van der Waals surface area contributed by atoms with Gasteiger partial charge in [0.1, 0.15) is 0 Å². The maximum absolute atomic E-state index is 13.1. The minimum atomic E-state index is -0.744. The van der Waals surface area contributed by atoms with Crippen molar-refractivity contribution >= 4 is 17.4 Å². The van der Waals surface area contributed by atoms with E-state index in [9.17, 15) is 14.7 Å². The number of amides is 1. The molecule has 0 saturated carbocycles. The van der Waals surface area contributed by atoms with Gasteiger partial charge in [0, 0.05) is 5.69 Å². The highest BCUT2D eigenvalue weighted by Crippen LogP contribution is 2.42. The van der Waals surface area contributed by atoms with Crippen LogP contribution in [-0.2, 0) is 4.79 Å². The monoisotopic (exact) mass is 373 g/mol. The number of carbonyl (C=O) groups is 2. The Morgan fingerprint density at radius 3 is 2.36 bits per heavy atom. The number of benzene rings is 2. The highest BCUT2D eigenvalue weighted by atomic mass is 16.3. The fourth-order valence-electron chi connectivity index (χ4n) is 3.58. The van der Waals surface area contributed by atoms with Gasteiger partial charge in [0.2, 0.25) is 5.78 Å². The van der Waals surface area contributed by atoms with Gasteiger partial charge in [0.05, 0.1) is 17.9 Å². The van der Waals surface area contributed by atoms with Crippen molar-refractivity contribution in [1.82, 2.24) is 0 Å². The van der Waals surface area contributed by atoms with Crippen LogP contribution in [0, 0.1) is 13.8 Å². The Balaban J connectivity index is 1.91. The summed E-state index contributed by atoms with van der Waals surface area (Å²) in [5, 5.41) is 10.7. The van der Waals surface area contributed by atoms with Gasteiger partial charge < -0.3 is 9.52 Å². The summed E-state index contributed by atoms with van der Waals surface area (Å²) in [7, 11) is 0. The first-order chi connectivity index (χ1) is 13.5. The first-order valence-electron chi connectivity index (χ1n) is 8.95. The third-order valence-corrected chi connectivity index (χ3v) is 4.84. The summed E-state index contributed by atoms with van der Waals surface area (Å²) in [6, 6.07) is 17.4. The fraction of sp³-hybridized carbons (Fsp3) is 0.130. The Morgan fingerprint density at radius 1 is 1.00 bits per heavy atom. The lowest BCUT2D eigenvalue weighted by Gasteiger charge is -2.27. The maximum atomic E-state index is 13.1.